The summed E-state index contributed by atoms with van der Waals surface area (Å²) in [5.41, 5.74) is -0.0128. The first kappa shape index (κ1) is 113. The Morgan fingerprint density at radius 3 is 1.08 bits per heavy atom. The summed E-state index contributed by atoms with van der Waals surface area (Å²) in [5.74, 6) is -6.58. The maximum atomic E-state index is 12.0. The van der Waals surface area contributed by atoms with Crippen molar-refractivity contribution < 1.29 is 87.1 Å². The van der Waals surface area contributed by atoms with Crippen LogP contribution in [0.4, 0.5) is 0 Å². The summed E-state index contributed by atoms with van der Waals surface area (Å²) in [7, 11) is 3.04. The fourth-order valence-corrected chi connectivity index (χ4v) is 7.12. The van der Waals surface area contributed by atoms with Crippen molar-refractivity contribution in [2.24, 2.45) is 35.5 Å². The molecule has 6 N–H and O–H groups in total. The molecule has 25 heteroatoms. The Bertz CT molecular complexity index is 2280. The average molecular weight is 1470 g/mol. The lowest BCUT2D eigenvalue weighted by molar-refractivity contribution is -0.149. The fourth-order valence-electron chi connectivity index (χ4n) is 7.12. The number of likely N-dealkylation sites (tertiary alicyclic amines) is 1. The van der Waals surface area contributed by atoms with Crippen LogP contribution >= 0.6 is 0 Å². The van der Waals surface area contributed by atoms with Crippen molar-refractivity contribution in [1.29, 1.82) is 0 Å². The molecule has 1 aromatic rings. The van der Waals surface area contributed by atoms with Gasteiger partial charge in [-0.2, -0.15) is 0 Å². The number of morpholine rings is 2. The Labute approximate surface area is 623 Å². The van der Waals surface area contributed by atoms with Crippen molar-refractivity contribution in [2.45, 2.75) is 230 Å². The van der Waals surface area contributed by atoms with Gasteiger partial charge in [0.2, 0.25) is 34.7 Å². The molecule has 0 aromatic heterocycles. The van der Waals surface area contributed by atoms with E-state index in [4.69, 9.17) is 24.4 Å². The Kier molecular flexibility index (Phi) is 82.5. The molecule has 3 fully saturated rings. The maximum absolute atomic E-state index is 12.0. The number of piperidine rings is 1. The first-order valence-corrected chi connectivity index (χ1v) is 37.6. The molecule has 0 bridgehead atoms. The summed E-state index contributed by atoms with van der Waals surface area (Å²) >= 11 is 0. The molecule has 103 heavy (non-hydrogen) atoms. The van der Waals surface area contributed by atoms with E-state index >= 15 is 0 Å². The van der Waals surface area contributed by atoms with Crippen LogP contribution in [0, 0.1) is 35.5 Å². The molecule has 0 spiro atoms. The molecule has 0 radical (unpaired) electrons. The van der Waals surface area contributed by atoms with Crippen LogP contribution in [0.25, 0.3) is 0 Å². The highest BCUT2D eigenvalue weighted by Crippen LogP contribution is 2.32. The van der Waals surface area contributed by atoms with E-state index in [1.165, 1.54) is 57.6 Å². The Balaban J connectivity index is -0.000000168. The molecule has 3 aliphatic rings. The lowest BCUT2D eigenvalue weighted by Gasteiger charge is -2.38. The number of likely N-dealkylation sites (N-methyl/N-ethyl adjacent to an activating group) is 1. The van der Waals surface area contributed by atoms with E-state index in [-0.39, 0.29) is 84.3 Å². The number of hydrogen-bond donors (Lipinski definition) is 6. The number of Topliss-reactive ketones (excluding diaryl/α,β-unsaturated/α-hetero) is 6. The molecule has 3 heterocycles. The van der Waals surface area contributed by atoms with Crippen molar-refractivity contribution in [3.8, 4) is 0 Å². The molecule has 3 aliphatic heterocycles. The van der Waals surface area contributed by atoms with Crippen LogP contribution in [0.2, 0.25) is 0 Å². The van der Waals surface area contributed by atoms with Crippen LogP contribution in [-0.2, 0) is 77.3 Å². The molecule has 1 aromatic carbocycles. The lowest BCUT2D eigenvalue weighted by Crippen LogP contribution is -2.48. The van der Waals surface area contributed by atoms with Crippen molar-refractivity contribution in [3.05, 3.63) is 35.9 Å². The predicted molar refractivity (Wildman–Crippen MR) is 413 cm³/mol. The second-order valence-corrected chi connectivity index (χ2v) is 26.2. The fraction of sp³-hybridized carbons (Fsp3) is 0.769. The van der Waals surface area contributed by atoms with Crippen LogP contribution in [0.1, 0.15) is 230 Å². The molecule has 25 nitrogen and oxygen atoms in total. The number of aliphatic hydroxyl groups is 3. The molecule has 6 amide bonds. The van der Waals surface area contributed by atoms with Crippen LogP contribution in [-0.4, -0.2) is 237 Å². The first-order chi connectivity index (χ1) is 48.3. The predicted octanol–water partition coefficient (Wildman–Crippen LogP) is 9.30. The summed E-state index contributed by atoms with van der Waals surface area (Å²) in [6, 6.07) is 9.50. The number of amides is 6. The number of benzene rings is 1. The van der Waals surface area contributed by atoms with Gasteiger partial charge in [-0.3, -0.25) is 62.4 Å². The van der Waals surface area contributed by atoms with Gasteiger partial charge in [-0.1, -0.05) is 235 Å². The van der Waals surface area contributed by atoms with Crippen molar-refractivity contribution >= 4 is 70.1 Å². The van der Waals surface area contributed by atoms with Gasteiger partial charge in [0, 0.05) is 128 Å². The molecular formula is C78H149N7O18. The number of aliphatic hydroxyl groups excluding tert-OH is 2. The number of methoxy groups -OCH3 is 1. The molecule has 604 valence electrons. The van der Waals surface area contributed by atoms with Crippen LogP contribution < -0.4 is 16.0 Å². The molecule has 0 unspecified atom stereocenters. The van der Waals surface area contributed by atoms with Crippen molar-refractivity contribution in [3.63, 3.8) is 0 Å². The van der Waals surface area contributed by atoms with Gasteiger partial charge in [0.15, 0.2) is 0 Å². The average Bonchev–Trinajstić information content (AvgIpc) is 0.805. The second kappa shape index (κ2) is 75.5. The molecule has 0 atom stereocenters. The van der Waals surface area contributed by atoms with Gasteiger partial charge < -0.3 is 60.2 Å². The van der Waals surface area contributed by atoms with Gasteiger partial charge in [-0.15, -0.1) is 0 Å². The summed E-state index contributed by atoms with van der Waals surface area (Å²) < 4.78 is 15.0. The van der Waals surface area contributed by atoms with E-state index in [1.807, 2.05) is 30.3 Å². The zero-order valence-electron chi connectivity index (χ0n) is 69.2. The number of rotatable bonds is 24. The van der Waals surface area contributed by atoms with Gasteiger partial charge in [0.1, 0.15) is 0 Å². The van der Waals surface area contributed by atoms with E-state index in [0.717, 1.165) is 38.4 Å². The standard InChI is InChI=1S/C16H21NO3.C11H20N2O3.C9H15NO3.3C8H15NO3.6C3H8/c1-12(2)14(18)15(19)17-10-8-16(20,9-11-17)13-6-4-3-5-7-13;1-9(2)10(14)11(15)12-3-4-13-5-7-16-8-6-13;1-7(2)8(11)9(12)10-3-5-13-6-4-10;1-6(2)7(10)8(11)9-4-5-12-3;1-6(2)7(11)8(12)9(3)4-5-10;1-6(2)7(11)8(12)9-4-3-5-10;6*1-3-2/h3-7,12,20H,8-11H2,1-2H3;9H,3-8H2,1-2H3,(H,12,15);7H,3-6H2,1-2H3;6H,4-5H2,1-3H3,(H,9,11);6,10H,4-5H2,1-3H3;6,10H,3-5H2,1-2H3,(H,9,12);6*3H2,1-2H3. The minimum Gasteiger partial charge on any atom is -0.396 e. The van der Waals surface area contributed by atoms with E-state index < -0.39 is 46.7 Å². The van der Waals surface area contributed by atoms with Crippen LogP contribution in [0.5, 0.6) is 0 Å². The number of nitrogens with zero attached hydrogens (tertiary/aromatic N) is 4. The Hall–Kier alpha value is -6.22. The van der Waals surface area contributed by atoms with Gasteiger partial charge >= 0.3 is 0 Å². The summed E-state index contributed by atoms with van der Waals surface area (Å²) in [6.07, 6.45) is 8.92. The number of ether oxygens (including phenoxy) is 3. The minimum absolute atomic E-state index is 0.0240. The number of carbonyl (C=O) groups is 12. The minimum atomic E-state index is -0.890. The molecule has 0 saturated carbocycles. The van der Waals surface area contributed by atoms with Crippen LogP contribution in [0.15, 0.2) is 30.3 Å². The number of hydrogen-bond acceptors (Lipinski definition) is 19. The van der Waals surface area contributed by atoms with Gasteiger partial charge in [-0.25, -0.2) is 0 Å². The Morgan fingerprint density at radius 2 is 0.767 bits per heavy atom. The maximum Gasteiger partial charge on any atom is 0.290 e. The van der Waals surface area contributed by atoms with Crippen molar-refractivity contribution in [2.75, 3.05) is 132 Å². The van der Waals surface area contributed by atoms with Gasteiger partial charge in [0.05, 0.1) is 45.2 Å². The Morgan fingerprint density at radius 1 is 0.456 bits per heavy atom. The zero-order valence-corrected chi connectivity index (χ0v) is 69.2. The van der Waals surface area contributed by atoms with Gasteiger partial charge in [0.25, 0.3) is 35.4 Å². The molecular weight excluding hydrogens is 1320 g/mol. The van der Waals surface area contributed by atoms with E-state index in [9.17, 15) is 62.6 Å². The summed E-state index contributed by atoms with van der Waals surface area (Å²) in [5, 5.41) is 35.1. The number of ketones is 6. The highest BCUT2D eigenvalue weighted by atomic mass is 16.5. The number of nitrogens with one attached hydrogen (secondary N) is 3. The third-order valence-corrected chi connectivity index (χ3v) is 12.7. The first-order valence-electron chi connectivity index (χ1n) is 37.6. The number of carbonyl (C=O) groups excluding carboxylic acids is 12. The largest absolute Gasteiger partial charge is 0.396 e. The summed E-state index contributed by atoms with van der Waals surface area (Å²) in [6.45, 7) is 54.8. The highest BCUT2D eigenvalue weighted by molar-refractivity contribution is 6.38. The molecule has 4 rings (SSSR count). The molecule has 0 aliphatic carbocycles. The highest BCUT2D eigenvalue weighted by Gasteiger charge is 2.37. The van der Waals surface area contributed by atoms with E-state index in [2.05, 4.69) is 104 Å². The topological polar surface area (TPSA) is 342 Å². The van der Waals surface area contributed by atoms with E-state index in [1.54, 1.807) is 92.9 Å². The monoisotopic (exact) mass is 1470 g/mol. The smallest absolute Gasteiger partial charge is 0.290 e. The third-order valence-electron chi connectivity index (χ3n) is 12.7. The SMILES string of the molecule is CC(C)C(=O)C(=O)N(C)CCO.CC(C)C(=O)C(=O)N1CCC(O)(c2ccccc2)CC1.CC(C)C(=O)C(=O)N1CCOCC1.CC(C)C(=O)C(=O)NCCCO.CC(C)C(=O)C(=O)NCCN1CCOCC1.CCC.CCC.CCC.CCC.CCC.CCC.COCCNC(=O)C(=O)C(C)C. The third kappa shape index (κ3) is 63.9. The summed E-state index contributed by atoms with van der Waals surface area (Å²) in [4.78, 5) is 142. The quantitative estimate of drug-likeness (QED) is 0.0414. The van der Waals surface area contributed by atoms with Crippen molar-refractivity contribution in [1.82, 2.24) is 35.6 Å². The molecule has 3 saturated heterocycles. The normalized spacial score (nSPS) is 13.0. The second-order valence-electron chi connectivity index (χ2n) is 26.2. The van der Waals surface area contributed by atoms with Gasteiger partial charge in [-0.05, 0) is 24.8 Å². The van der Waals surface area contributed by atoms with E-state index in [0.29, 0.717) is 84.9 Å². The zero-order chi connectivity index (χ0) is 81.6. The lowest BCUT2D eigenvalue weighted by atomic mass is 9.84. The van der Waals surface area contributed by atoms with Crippen LogP contribution in [0.3, 0.4) is 0 Å².